The maximum absolute atomic E-state index is 11.4. The molecule has 3 rings (SSSR count). The van der Waals surface area contributed by atoms with Gasteiger partial charge in [0.15, 0.2) is 0 Å². The fourth-order valence-corrected chi connectivity index (χ4v) is 4.73. The van der Waals surface area contributed by atoms with Crippen LogP contribution in [0.25, 0.3) is 0 Å². The van der Waals surface area contributed by atoms with Gasteiger partial charge in [0.1, 0.15) is 5.75 Å². The third kappa shape index (κ3) is 3.24. The highest BCUT2D eigenvalue weighted by Crippen LogP contribution is 2.55. The lowest BCUT2D eigenvalue weighted by atomic mass is 9.53. The van der Waals surface area contributed by atoms with Crippen molar-refractivity contribution in [3.8, 4) is 5.75 Å². The van der Waals surface area contributed by atoms with Crippen LogP contribution in [0.1, 0.15) is 63.0 Å². The van der Waals surface area contributed by atoms with Gasteiger partial charge in [-0.1, -0.05) is 25.8 Å². The molecule has 23 heavy (non-hydrogen) atoms. The molecule has 2 atom stereocenters. The van der Waals surface area contributed by atoms with Crippen LogP contribution < -0.4 is 5.32 Å². The first-order chi connectivity index (χ1) is 10.6. The summed E-state index contributed by atoms with van der Waals surface area (Å²) < 4.78 is 0. The minimum atomic E-state index is -0.597. The Kier molecular flexibility index (Phi) is 5.99. The van der Waals surface area contributed by atoms with E-state index in [2.05, 4.69) is 18.3 Å². The summed E-state index contributed by atoms with van der Waals surface area (Å²) in [6.07, 6.45) is 8.10. The summed E-state index contributed by atoms with van der Waals surface area (Å²) in [7, 11) is 0. The minimum Gasteiger partial charge on any atom is -0.508 e. The average molecular weight is 340 g/mol. The van der Waals surface area contributed by atoms with Gasteiger partial charge < -0.3 is 15.5 Å². The second kappa shape index (κ2) is 7.42. The van der Waals surface area contributed by atoms with Crippen molar-refractivity contribution in [1.82, 2.24) is 5.32 Å². The van der Waals surface area contributed by atoms with Crippen LogP contribution in [0.4, 0.5) is 0 Å². The van der Waals surface area contributed by atoms with Crippen molar-refractivity contribution in [2.75, 3.05) is 13.1 Å². The standard InChI is InChI=1S/C19H29NO2.ClH/c1-2-12-20-13-11-18-8-3-4-9-19(18,22)10-7-15-5-6-16(21)14-17(15)18;/h5-6,14,20-22H,2-4,7-13H2,1H3;1H/t18-,19+;/m0./s1. The largest absolute Gasteiger partial charge is 0.508 e. The number of halogens is 1. The summed E-state index contributed by atoms with van der Waals surface area (Å²) in [5.41, 5.74) is 1.75. The molecule has 0 radical (unpaired) electrons. The summed E-state index contributed by atoms with van der Waals surface area (Å²) in [4.78, 5) is 0. The van der Waals surface area contributed by atoms with Gasteiger partial charge in [0, 0.05) is 5.41 Å². The van der Waals surface area contributed by atoms with Gasteiger partial charge in [0.2, 0.25) is 0 Å². The second-order valence-corrected chi connectivity index (χ2v) is 7.16. The summed E-state index contributed by atoms with van der Waals surface area (Å²) in [6.45, 7) is 4.14. The number of aliphatic hydroxyl groups is 1. The van der Waals surface area contributed by atoms with Gasteiger partial charge in [-0.15, -0.1) is 12.4 Å². The van der Waals surface area contributed by atoms with E-state index in [4.69, 9.17) is 0 Å². The third-order valence-corrected chi connectivity index (χ3v) is 5.91. The Labute approximate surface area is 145 Å². The van der Waals surface area contributed by atoms with Gasteiger partial charge in [-0.3, -0.25) is 0 Å². The van der Waals surface area contributed by atoms with Gasteiger partial charge in [0.25, 0.3) is 0 Å². The number of phenolic OH excluding ortho intramolecular Hbond substituents is 1. The Morgan fingerprint density at radius 3 is 2.70 bits per heavy atom. The molecule has 130 valence electrons. The van der Waals surface area contributed by atoms with Crippen LogP contribution in [0.3, 0.4) is 0 Å². The number of benzene rings is 1. The molecule has 0 saturated heterocycles. The maximum atomic E-state index is 11.4. The molecular formula is C19H30ClNO2. The summed E-state index contributed by atoms with van der Waals surface area (Å²) in [5, 5.41) is 24.9. The van der Waals surface area contributed by atoms with Gasteiger partial charge >= 0.3 is 0 Å². The fourth-order valence-electron chi connectivity index (χ4n) is 4.73. The predicted octanol–water partition coefficient (Wildman–Crippen LogP) is 3.69. The van der Waals surface area contributed by atoms with Crippen molar-refractivity contribution in [1.29, 1.82) is 0 Å². The number of phenols is 1. The first-order valence-corrected chi connectivity index (χ1v) is 8.87. The number of nitrogens with one attached hydrogen (secondary N) is 1. The predicted molar refractivity (Wildman–Crippen MR) is 96.5 cm³/mol. The number of hydrogen-bond donors (Lipinski definition) is 3. The maximum Gasteiger partial charge on any atom is 0.115 e. The zero-order valence-electron chi connectivity index (χ0n) is 14.1. The van der Waals surface area contributed by atoms with E-state index >= 15 is 0 Å². The van der Waals surface area contributed by atoms with Crippen molar-refractivity contribution >= 4 is 12.4 Å². The molecule has 3 nitrogen and oxygen atoms in total. The van der Waals surface area contributed by atoms with Crippen LogP contribution in [0.2, 0.25) is 0 Å². The van der Waals surface area contributed by atoms with E-state index in [0.717, 1.165) is 58.0 Å². The molecule has 1 aromatic carbocycles. The smallest absolute Gasteiger partial charge is 0.115 e. The molecule has 2 aliphatic rings. The molecule has 4 heteroatoms. The van der Waals surface area contributed by atoms with Crippen LogP contribution in [0, 0.1) is 0 Å². The molecule has 0 aliphatic heterocycles. The lowest BCUT2D eigenvalue weighted by molar-refractivity contribution is -0.0869. The number of fused-ring (bicyclic) bond motifs is 3. The third-order valence-electron chi connectivity index (χ3n) is 5.91. The van der Waals surface area contributed by atoms with Gasteiger partial charge in [-0.25, -0.2) is 0 Å². The quantitative estimate of drug-likeness (QED) is 0.717. The summed E-state index contributed by atoms with van der Waals surface area (Å²) in [5.74, 6) is 0.328. The molecular weight excluding hydrogens is 310 g/mol. The normalized spacial score (nSPS) is 29.3. The van der Waals surface area contributed by atoms with Crippen molar-refractivity contribution in [2.24, 2.45) is 0 Å². The highest BCUT2D eigenvalue weighted by Gasteiger charge is 2.54. The summed E-state index contributed by atoms with van der Waals surface area (Å²) in [6, 6.07) is 5.76. The van der Waals surface area contributed by atoms with Crippen molar-refractivity contribution in [2.45, 2.75) is 69.3 Å². The van der Waals surface area contributed by atoms with E-state index in [1.807, 2.05) is 6.07 Å². The Bertz CT molecular complexity index is 536. The van der Waals surface area contributed by atoms with Gasteiger partial charge in [0.05, 0.1) is 5.60 Å². The second-order valence-electron chi connectivity index (χ2n) is 7.16. The molecule has 2 aliphatic carbocycles. The minimum absolute atomic E-state index is 0. The SMILES string of the molecule is CCCNCC[C@]12CCCC[C@@]1(O)CCc1ccc(O)cc12.Cl. The summed E-state index contributed by atoms with van der Waals surface area (Å²) >= 11 is 0. The molecule has 0 aromatic heterocycles. The number of aryl methyl sites for hydroxylation is 1. The van der Waals surface area contributed by atoms with Crippen LogP contribution >= 0.6 is 12.4 Å². The zero-order valence-corrected chi connectivity index (χ0v) is 14.9. The first-order valence-electron chi connectivity index (χ1n) is 8.87. The average Bonchev–Trinajstić information content (AvgIpc) is 2.52. The zero-order chi connectivity index (χ0) is 15.6. The van der Waals surface area contributed by atoms with E-state index in [1.165, 1.54) is 17.5 Å². The lowest BCUT2D eigenvalue weighted by Crippen LogP contribution is -2.57. The van der Waals surface area contributed by atoms with Crippen LogP contribution in [0.5, 0.6) is 5.75 Å². The monoisotopic (exact) mass is 339 g/mol. The van der Waals surface area contributed by atoms with E-state index < -0.39 is 5.60 Å². The fraction of sp³-hybridized carbons (Fsp3) is 0.684. The van der Waals surface area contributed by atoms with Gasteiger partial charge in [-0.05, 0) is 74.9 Å². The van der Waals surface area contributed by atoms with E-state index in [1.54, 1.807) is 6.07 Å². The van der Waals surface area contributed by atoms with Gasteiger partial charge in [-0.2, -0.15) is 0 Å². The van der Waals surface area contributed by atoms with Crippen molar-refractivity contribution < 1.29 is 10.2 Å². The molecule has 3 N–H and O–H groups in total. The topological polar surface area (TPSA) is 52.5 Å². The number of rotatable bonds is 5. The Hall–Kier alpha value is -0.770. The Balaban J connectivity index is 0.00000192. The molecule has 1 aromatic rings. The van der Waals surface area contributed by atoms with Crippen molar-refractivity contribution in [3.63, 3.8) is 0 Å². The Morgan fingerprint density at radius 1 is 1.13 bits per heavy atom. The van der Waals surface area contributed by atoms with Crippen molar-refractivity contribution in [3.05, 3.63) is 29.3 Å². The van der Waals surface area contributed by atoms with E-state index in [9.17, 15) is 10.2 Å². The molecule has 0 heterocycles. The number of hydrogen-bond acceptors (Lipinski definition) is 3. The highest BCUT2D eigenvalue weighted by molar-refractivity contribution is 5.85. The van der Waals surface area contributed by atoms with E-state index in [-0.39, 0.29) is 17.8 Å². The molecule has 0 amide bonds. The lowest BCUT2D eigenvalue weighted by Gasteiger charge is -2.55. The van der Waals surface area contributed by atoms with Crippen LogP contribution in [-0.2, 0) is 11.8 Å². The first kappa shape index (κ1) is 18.6. The highest BCUT2D eigenvalue weighted by atomic mass is 35.5. The molecule has 0 bridgehead atoms. The molecule has 0 spiro atoms. The van der Waals surface area contributed by atoms with E-state index in [0.29, 0.717) is 5.75 Å². The molecule has 1 saturated carbocycles. The Morgan fingerprint density at radius 2 is 1.91 bits per heavy atom. The molecule has 0 unspecified atom stereocenters. The molecule has 1 fully saturated rings. The van der Waals surface area contributed by atoms with Crippen LogP contribution in [-0.4, -0.2) is 28.9 Å². The number of aromatic hydroxyl groups is 1. The van der Waals surface area contributed by atoms with Crippen LogP contribution in [0.15, 0.2) is 18.2 Å².